The molecule has 0 spiro atoms. The molecular formula is C19H28FN3O2. The first-order valence-electron chi connectivity index (χ1n) is 9.09. The number of nitrogens with zero attached hydrogens (tertiary/aromatic N) is 2. The summed E-state index contributed by atoms with van der Waals surface area (Å²) >= 11 is 0. The molecule has 1 aliphatic carbocycles. The monoisotopic (exact) mass is 349 g/mol. The zero-order valence-electron chi connectivity index (χ0n) is 15.1. The van der Waals surface area contributed by atoms with Crippen LogP contribution in [0.25, 0.3) is 0 Å². The molecular weight excluding hydrogens is 321 g/mol. The highest BCUT2D eigenvalue weighted by molar-refractivity contribution is 5.87. The van der Waals surface area contributed by atoms with E-state index in [1.165, 1.54) is 6.07 Å². The molecule has 6 heteroatoms. The second kappa shape index (κ2) is 7.30. The molecule has 0 bridgehead atoms. The van der Waals surface area contributed by atoms with Crippen LogP contribution in [0.1, 0.15) is 37.7 Å². The summed E-state index contributed by atoms with van der Waals surface area (Å²) in [6, 6.07) is 5.15. The van der Waals surface area contributed by atoms with Gasteiger partial charge in [0, 0.05) is 19.6 Å². The topological polar surface area (TPSA) is 55.8 Å². The van der Waals surface area contributed by atoms with Crippen LogP contribution in [-0.4, -0.2) is 54.7 Å². The quantitative estimate of drug-likeness (QED) is 0.852. The summed E-state index contributed by atoms with van der Waals surface area (Å²) in [4.78, 5) is 16.5. The molecule has 0 atom stereocenters. The molecule has 1 saturated carbocycles. The Hall–Kier alpha value is -1.66. The predicted octanol–water partition coefficient (Wildman–Crippen LogP) is 1.89. The molecule has 2 aliphatic rings. The van der Waals surface area contributed by atoms with E-state index >= 15 is 0 Å². The van der Waals surface area contributed by atoms with Crippen LogP contribution in [0.2, 0.25) is 0 Å². The number of hydrogen-bond donors (Lipinski definition) is 2. The van der Waals surface area contributed by atoms with Crippen molar-refractivity contribution in [1.29, 1.82) is 0 Å². The average Bonchev–Trinajstić information content (AvgIpc) is 2.52. The molecule has 0 unspecified atom stereocenters. The van der Waals surface area contributed by atoms with E-state index in [9.17, 15) is 14.3 Å². The first kappa shape index (κ1) is 18.1. The fraction of sp³-hybridized carbons (Fsp3) is 0.632. The number of amides is 1. The maximum atomic E-state index is 14.5. The maximum Gasteiger partial charge on any atom is 0.240 e. The highest BCUT2D eigenvalue weighted by atomic mass is 19.1. The van der Waals surface area contributed by atoms with Crippen LogP contribution in [-0.2, 0) is 11.3 Å². The molecule has 2 N–H and O–H groups in total. The second-order valence-electron chi connectivity index (χ2n) is 7.47. The van der Waals surface area contributed by atoms with Gasteiger partial charge in [0.2, 0.25) is 5.91 Å². The maximum absolute atomic E-state index is 14.5. The average molecular weight is 349 g/mol. The number of carbonyl (C=O) groups is 1. The van der Waals surface area contributed by atoms with Crippen molar-refractivity contribution >= 4 is 11.6 Å². The molecule has 1 aromatic carbocycles. The Kier molecular flexibility index (Phi) is 5.29. The smallest absolute Gasteiger partial charge is 0.240 e. The predicted molar refractivity (Wildman–Crippen MR) is 96.0 cm³/mol. The highest BCUT2D eigenvalue weighted by Gasteiger charge is 2.45. The molecule has 138 valence electrons. The lowest BCUT2D eigenvalue weighted by atomic mass is 9.75. The van der Waals surface area contributed by atoms with Crippen molar-refractivity contribution in [2.75, 3.05) is 32.1 Å². The van der Waals surface area contributed by atoms with Gasteiger partial charge in [-0.25, -0.2) is 4.39 Å². The van der Waals surface area contributed by atoms with Gasteiger partial charge in [-0.2, -0.15) is 0 Å². The molecule has 1 saturated heterocycles. The number of halogens is 1. The van der Waals surface area contributed by atoms with Gasteiger partial charge in [0.25, 0.3) is 0 Å². The molecule has 0 radical (unpaired) electrons. The normalized spacial score (nSPS) is 20.4. The standard InChI is InChI=1S/C19H28FN3O2/c1-22(2)19(8-3-9-19)18(25)21-13-14-4-5-17(16(20)12-14)23-10-6-15(24)7-11-23/h4-5,12,15,24H,3,6-11,13H2,1-2H3,(H,21,25). The van der Waals surface area contributed by atoms with Gasteiger partial charge < -0.3 is 15.3 Å². The van der Waals surface area contributed by atoms with E-state index in [4.69, 9.17) is 0 Å². The van der Waals surface area contributed by atoms with Gasteiger partial charge in [0.15, 0.2) is 0 Å². The second-order valence-corrected chi connectivity index (χ2v) is 7.47. The van der Waals surface area contributed by atoms with Crippen molar-refractivity contribution in [2.24, 2.45) is 0 Å². The molecule has 5 nitrogen and oxygen atoms in total. The van der Waals surface area contributed by atoms with E-state index in [1.54, 1.807) is 6.07 Å². The Morgan fingerprint density at radius 2 is 2.04 bits per heavy atom. The number of likely N-dealkylation sites (N-methyl/N-ethyl adjacent to an activating group) is 1. The Labute approximate surface area is 148 Å². The number of nitrogens with one attached hydrogen (secondary N) is 1. The van der Waals surface area contributed by atoms with Crippen molar-refractivity contribution in [2.45, 2.75) is 50.3 Å². The molecule has 2 fully saturated rings. The molecule has 1 aromatic rings. The Bertz CT molecular complexity index is 623. The van der Waals surface area contributed by atoms with Crippen LogP contribution in [0.5, 0.6) is 0 Å². The van der Waals surface area contributed by atoms with Gasteiger partial charge >= 0.3 is 0 Å². The number of rotatable bonds is 5. The third-order valence-corrected chi connectivity index (χ3v) is 5.73. The first-order valence-corrected chi connectivity index (χ1v) is 9.09. The van der Waals surface area contributed by atoms with Crippen molar-refractivity contribution in [3.05, 3.63) is 29.6 Å². The summed E-state index contributed by atoms with van der Waals surface area (Å²) in [6.07, 6.45) is 3.89. The molecule has 0 aromatic heterocycles. The minimum absolute atomic E-state index is 0.0262. The molecule has 1 heterocycles. The van der Waals surface area contributed by atoms with Crippen LogP contribution in [0, 0.1) is 5.82 Å². The summed E-state index contributed by atoms with van der Waals surface area (Å²) in [5.74, 6) is -0.243. The summed E-state index contributed by atoms with van der Waals surface area (Å²) in [5.41, 5.74) is 0.943. The van der Waals surface area contributed by atoms with Crippen molar-refractivity contribution < 1.29 is 14.3 Å². The summed E-state index contributed by atoms with van der Waals surface area (Å²) in [7, 11) is 3.87. The largest absolute Gasteiger partial charge is 0.393 e. The van der Waals surface area contributed by atoms with Crippen LogP contribution >= 0.6 is 0 Å². The summed E-state index contributed by atoms with van der Waals surface area (Å²) in [6.45, 7) is 1.67. The van der Waals surface area contributed by atoms with Gasteiger partial charge in [0.05, 0.1) is 17.3 Å². The van der Waals surface area contributed by atoms with Gasteiger partial charge in [-0.3, -0.25) is 9.69 Å². The van der Waals surface area contributed by atoms with E-state index < -0.39 is 5.54 Å². The lowest BCUT2D eigenvalue weighted by Gasteiger charge is -2.45. The van der Waals surface area contributed by atoms with Gasteiger partial charge in [0.1, 0.15) is 5.82 Å². The number of carbonyl (C=O) groups excluding carboxylic acids is 1. The summed E-state index contributed by atoms with van der Waals surface area (Å²) < 4.78 is 14.5. The van der Waals surface area contributed by atoms with E-state index in [1.807, 2.05) is 30.0 Å². The summed E-state index contributed by atoms with van der Waals surface area (Å²) in [5, 5.41) is 12.5. The molecule has 1 aliphatic heterocycles. The number of piperidine rings is 1. The Morgan fingerprint density at radius 3 is 2.56 bits per heavy atom. The number of benzene rings is 1. The van der Waals surface area contributed by atoms with Gasteiger partial charge in [-0.15, -0.1) is 0 Å². The molecule has 1 amide bonds. The van der Waals surface area contributed by atoms with Crippen LogP contribution in [0.3, 0.4) is 0 Å². The zero-order valence-corrected chi connectivity index (χ0v) is 15.1. The van der Waals surface area contributed by atoms with Crippen molar-refractivity contribution in [3.8, 4) is 0 Å². The van der Waals surface area contributed by atoms with Crippen LogP contribution in [0.15, 0.2) is 18.2 Å². The van der Waals surface area contributed by atoms with Gasteiger partial charge in [-0.1, -0.05) is 6.07 Å². The lowest BCUT2D eigenvalue weighted by molar-refractivity contribution is -0.137. The minimum atomic E-state index is -0.396. The van der Waals surface area contributed by atoms with E-state index in [0.29, 0.717) is 38.2 Å². The Morgan fingerprint density at radius 1 is 1.36 bits per heavy atom. The fourth-order valence-electron chi connectivity index (χ4n) is 3.76. The lowest BCUT2D eigenvalue weighted by Crippen LogP contribution is -2.60. The van der Waals surface area contributed by atoms with Crippen LogP contribution in [0.4, 0.5) is 10.1 Å². The zero-order chi connectivity index (χ0) is 18.0. The third-order valence-electron chi connectivity index (χ3n) is 5.73. The van der Waals surface area contributed by atoms with Crippen LogP contribution < -0.4 is 10.2 Å². The number of hydrogen-bond acceptors (Lipinski definition) is 4. The fourth-order valence-corrected chi connectivity index (χ4v) is 3.76. The number of aliphatic hydroxyl groups excluding tert-OH is 1. The SMILES string of the molecule is CN(C)C1(C(=O)NCc2ccc(N3CCC(O)CC3)c(F)c2)CCC1. The highest BCUT2D eigenvalue weighted by Crippen LogP contribution is 2.36. The number of aliphatic hydroxyl groups is 1. The molecule has 25 heavy (non-hydrogen) atoms. The first-order chi connectivity index (χ1) is 11.9. The number of anilines is 1. The molecule has 3 rings (SSSR count). The van der Waals surface area contributed by atoms with Crippen molar-refractivity contribution in [1.82, 2.24) is 10.2 Å². The van der Waals surface area contributed by atoms with Crippen molar-refractivity contribution in [3.63, 3.8) is 0 Å². The minimum Gasteiger partial charge on any atom is -0.393 e. The van der Waals surface area contributed by atoms with Gasteiger partial charge in [-0.05, 0) is 63.9 Å². The van der Waals surface area contributed by atoms with E-state index in [-0.39, 0.29) is 17.8 Å². The van der Waals surface area contributed by atoms with E-state index in [0.717, 1.165) is 24.8 Å². The van der Waals surface area contributed by atoms with E-state index in [2.05, 4.69) is 5.32 Å². The third kappa shape index (κ3) is 3.65. The Balaban J connectivity index is 1.60.